The molecule has 3 rings (SSSR count). The van der Waals surface area contributed by atoms with Gasteiger partial charge in [-0.15, -0.1) is 22.7 Å². The summed E-state index contributed by atoms with van der Waals surface area (Å²) in [6.07, 6.45) is 4.32. The molecule has 1 amide bonds. The summed E-state index contributed by atoms with van der Waals surface area (Å²) in [6, 6.07) is 0. The Bertz CT molecular complexity index is 1000. The number of rotatable bonds is 5. The van der Waals surface area contributed by atoms with Crippen LogP contribution in [0.15, 0.2) is 11.1 Å². The highest BCUT2D eigenvalue weighted by molar-refractivity contribution is 7.21. The minimum atomic E-state index is -0.234. The molecular weight excluding hydrogens is 356 g/mol. The lowest BCUT2D eigenvalue weighted by atomic mass is 10.2. The third-order valence-electron chi connectivity index (χ3n) is 4.02. The molecule has 0 aliphatic carbocycles. The lowest BCUT2D eigenvalue weighted by molar-refractivity contribution is 0.103. The average molecular weight is 377 g/mol. The van der Waals surface area contributed by atoms with Crippen LogP contribution in [-0.4, -0.2) is 20.4 Å². The monoisotopic (exact) mass is 376 g/mol. The van der Waals surface area contributed by atoms with Gasteiger partial charge in [-0.3, -0.25) is 14.9 Å². The van der Waals surface area contributed by atoms with E-state index in [1.165, 1.54) is 38.4 Å². The molecule has 132 valence electrons. The number of hydrogen-bond donors (Lipinski definition) is 1. The second-order valence-corrected chi connectivity index (χ2v) is 7.93. The van der Waals surface area contributed by atoms with Crippen LogP contribution >= 0.6 is 22.7 Å². The zero-order valence-corrected chi connectivity index (χ0v) is 16.3. The number of hydrogen-bond acceptors (Lipinski definition) is 6. The van der Waals surface area contributed by atoms with Crippen LogP contribution in [0.3, 0.4) is 0 Å². The second kappa shape index (κ2) is 7.05. The molecule has 3 aromatic heterocycles. The number of thiazole rings is 1. The highest BCUT2D eigenvalue weighted by Crippen LogP contribution is 2.29. The lowest BCUT2D eigenvalue weighted by Crippen LogP contribution is -2.17. The van der Waals surface area contributed by atoms with Crippen LogP contribution in [0.25, 0.3) is 10.2 Å². The van der Waals surface area contributed by atoms with Crippen molar-refractivity contribution < 1.29 is 4.79 Å². The molecule has 1 N–H and O–H groups in total. The van der Waals surface area contributed by atoms with Gasteiger partial charge in [0.25, 0.3) is 11.5 Å². The normalized spacial score (nSPS) is 11.2. The standard InChI is InChI=1S/C17H20N4O2S2/c1-5-7-10-11(6-2)24-17(19-10)20-14(22)13-9(3)12-15(25-13)18-8-21(4)16(12)23/h8H,5-7H2,1-4H3,(H,19,20,22). The van der Waals surface area contributed by atoms with Crippen molar-refractivity contribution in [1.29, 1.82) is 0 Å². The van der Waals surface area contributed by atoms with E-state index >= 15 is 0 Å². The maximum atomic E-state index is 12.7. The van der Waals surface area contributed by atoms with Gasteiger partial charge in [-0.2, -0.15) is 0 Å². The molecule has 8 heteroatoms. The Labute approximate surface area is 153 Å². The Balaban J connectivity index is 1.94. The predicted molar refractivity (Wildman–Crippen MR) is 103 cm³/mol. The molecule has 0 fully saturated rings. The van der Waals surface area contributed by atoms with E-state index in [9.17, 15) is 9.59 Å². The summed E-state index contributed by atoms with van der Waals surface area (Å²) in [6.45, 7) is 6.00. The number of nitrogens with zero attached hydrogens (tertiary/aromatic N) is 3. The largest absolute Gasteiger partial charge is 0.302 e. The van der Waals surface area contributed by atoms with Crippen molar-refractivity contribution in [2.24, 2.45) is 7.05 Å². The number of amides is 1. The summed E-state index contributed by atoms with van der Waals surface area (Å²) in [5.41, 5.74) is 1.60. The molecule has 0 atom stereocenters. The van der Waals surface area contributed by atoms with Gasteiger partial charge in [0.15, 0.2) is 5.13 Å². The Hall–Kier alpha value is -2.06. The summed E-state index contributed by atoms with van der Waals surface area (Å²) in [5.74, 6) is -0.234. The summed E-state index contributed by atoms with van der Waals surface area (Å²) in [4.78, 5) is 36.1. The van der Waals surface area contributed by atoms with Gasteiger partial charge in [0.2, 0.25) is 0 Å². The summed E-state index contributed by atoms with van der Waals surface area (Å²) >= 11 is 2.76. The van der Waals surface area contributed by atoms with Crippen molar-refractivity contribution in [3.05, 3.63) is 37.7 Å². The number of carbonyl (C=O) groups is 1. The van der Waals surface area contributed by atoms with E-state index < -0.39 is 0 Å². The number of anilines is 1. The summed E-state index contributed by atoms with van der Waals surface area (Å²) in [5, 5.41) is 4.02. The lowest BCUT2D eigenvalue weighted by Gasteiger charge is -2.00. The van der Waals surface area contributed by atoms with Gasteiger partial charge in [-0.25, -0.2) is 9.97 Å². The van der Waals surface area contributed by atoms with Gasteiger partial charge in [-0.05, 0) is 25.3 Å². The quantitative estimate of drug-likeness (QED) is 0.739. The highest BCUT2D eigenvalue weighted by Gasteiger charge is 2.20. The highest BCUT2D eigenvalue weighted by atomic mass is 32.1. The molecule has 0 aromatic carbocycles. The molecule has 0 bridgehead atoms. The molecule has 0 radical (unpaired) electrons. The minimum Gasteiger partial charge on any atom is -0.302 e. The van der Waals surface area contributed by atoms with E-state index in [0.29, 0.717) is 25.8 Å². The van der Waals surface area contributed by atoms with Crippen LogP contribution in [0.5, 0.6) is 0 Å². The Morgan fingerprint density at radius 3 is 2.76 bits per heavy atom. The van der Waals surface area contributed by atoms with Gasteiger partial charge in [0.05, 0.1) is 22.3 Å². The van der Waals surface area contributed by atoms with E-state index in [1.54, 1.807) is 14.0 Å². The van der Waals surface area contributed by atoms with Crippen LogP contribution in [-0.2, 0) is 19.9 Å². The van der Waals surface area contributed by atoms with Gasteiger partial charge in [-0.1, -0.05) is 20.3 Å². The fraction of sp³-hybridized carbons (Fsp3) is 0.412. The molecule has 0 spiro atoms. The van der Waals surface area contributed by atoms with Crippen molar-refractivity contribution in [3.8, 4) is 0 Å². The first-order valence-electron chi connectivity index (χ1n) is 8.20. The maximum absolute atomic E-state index is 12.7. The predicted octanol–water partition coefficient (Wildman–Crippen LogP) is 3.53. The van der Waals surface area contributed by atoms with Crippen LogP contribution in [0.2, 0.25) is 0 Å². The topological polar surface area (TPSA) is 76.9 Å². The number of thiophene rings is 1. The van der Waals surface area contributed by atoms with Crippen molar-refractivity contribution in [1.82, 2.24) is 14.5 Å². The third kappa shape index (κ3) is 3.23. The first-order chi connectivity index (χ1) is 12.0. The maximum Gasteiger partial charge on any atom is 0.267 e. The Kier molecular flexibility index (Phi) is 5.01. The van der Waals surface area contributed by atoms with Gasteiger partial charge >= 0.3 is 0 Å². The summed E-state index contributed by atoms with van der Waals surface area (Å²) < 4.78 is 1.43. The number of aromatic nitrogens is 3. The fourth-order valence-electron chi connectivity index (χ4n) is 2.72. The van der Waals surface area contributed by atoms with E-state index in [-0.39, 0.29) is 11.5 Å². The molecule has 6 nitrogen and oxygen atoms in total. The SMILES string of the molecule is CCCc1nc(NC(=O)c2sc3ncn(C)c(=O)c3c2C)sc1CC. The van der Waals surface area contributed by atoms with Crippen LogP contribution in [0, 0.1) is 6.92 Å². The summed E-state index contributed by atoms with van der Waals surface area (Å²) in [7, 11) is 1.66. The first kappa shape index (κ1) is 17.8. The number of nitrogens with one attached hydrogen (secondary N) is 1. The van der Waals surface area contributed by atoms with Crippen molar-refractivity contribution in [2.45, 2.75) is 40.0 Å². The van der Waals surface area contributed by atoms with E-state index in [4.69, 9.17) is 0 Å². The molecule has 0 aliphatic heterocycles. The fourth-order valence-corrected chi connectivity index (χ4v) is 4.70. The van der Waals surface area contributed by atoms with Crippen molar-refractivity contribution in [3.63, 3.8) is 0 Å². The van der Waals surface area contributed by atoms with E-state index in [0.717, 1.165) is 25.0 Å². The van der Waals surface area contributed by atoms with Gasteiger partial charge in [0, 0.05) is 11.9 Å². The molecule has 3 heterocycles. The Morgan fingerprint density at radius 1 is 1.32 bits per heavy atom. The second-order valence-electron chi connectivity index (χ2n) is 5.84. The first-order valence-corrected chi connectivity index (χ1v) is 9.84. The minimum absolute atomic E-state index is 0.134. The van der Waals surface area contributed by atoms with Crippen LogP contribution < -0.4 is 10.9 Å². The number of aryl methyl sites for hydroxylation is 4. The van der Waals surface area contributed by atoms with Crippen molar-refractivity contribution in [2.75, 3.05) is 5.32 Å². The third-order valence-corrected chi connectivity index (χ3v) is 6.38. The molecular formula is C17H20N4O2S2. The van der Waals surface area contributed by atoms with Gasteiger partial charge in [0.1, 0.15) is 4.83 Å². The molecule has 0 aliphatic rings. The number of carbonyl (C=O) groups excluding carboxylic acids is 1. The van der Waals surface area contributed by atoms with E-state index in [2.05, 4.69) is 29.1 Å². The van der Waals surface area contributed by atoms with Gasteiger partial charge < -0.3 is 4.57 Å². The Morgan fingerprint density at radius 2 is 2.08 bits per heavy atom. The zero-order chi connectivity index (χ0) is 18.1. The smallest absolute Gasteiger partial charge is 0.267 e. The zero-order valence-electron chi connectivity index (χ0n) is 14.7. The van der Waals surface area contributed by atoms with E-state index in [1.807, 2.05) is 0 Å². The van der Waals surface area contributed by atoms with Crippen molar-refractivity contribution >= 4 is 43.9 Å². The molecule has 3 aromatic rings. The molecule has 0 saturated carbocycles. The number of fused-ring (bicyclic) bond motifs is 1. The average Bonchev–Trinajstić information content (AvgIpc) is 3.12. The molecule has 0 unspecified atom stereocenters. The molecule has 25 heavy (non-hydrogen) atoms. The van der Waals surface area contributed by atoms with Crippen LogP contribution in [0.4, 0.5) is 5.13 Å². The molecule has 0 saturated heterocycles. The van der Waals surface area contributed by atoms with Crippen LogP contribution in [0.1, 0.15) is 46.1 Å².